The summed E-state index contributed by atoms with van der Waals surface area (Å²) in [7, 11) is 1.56. The first-order valence-corrected chi connectivity index (χ1v) is 6.19. The van der Waals surface area contributed by atoms with E-state index in [1.807, 2.05) is 0 Å². The van der Waals surface area contributed by atoms with Crippen molar-refractivity contribution in [2.24, 2.45) is 0 Å². The van der Waals surface area contributed by atoms with Crippen molar-refractivity contribution in [1.82, 2.24) is 0 Å². The summed E-state index contributed by atoms with van der Waals surface area (Å²) >= 11 is 2.63. The fourth-order valence-electron chi connectivity index (χ4n) is 1.41. The van der Waals surface area contributed by atoms with E-state index in [-0.39, 0.29) is 5.56 Å². The van der Waals surface area contributed by atoms with E-state index in [0.717, 1.165) is 5.56 Å². The molecule has 1 aromatic carbocycles. The zero-order valence-corrected chi connectivity index (χ0v) is 11.3. The normalized spacial score (nSPS) is 13.9. The number of rotatable bonds is 6. The minimum atomic E-state index is -4.09. The van der Waals surface area contributed by atoms with Gasteiger partial charge in [-0.05, 0) is 17.5 Å². The minimum absolute atomic E-state index is 0.126. The molecule has 1 aromatic rings. The second-order valence-electron chi connectivity index (χ2n) is 3.82. The third-order valence-electron chi connectivity index (χ3n) is 2.50. The highest BCUT2D eigenvalue weighted by molar-refractivity contribution is 9.09. The van der Waals surface area contributed by atoms with Crippen molar-refractivity contribution in [1.29, 1.82) is 0 Å². The van der Waals surface area contributed by atoms with Gasteiger partial charge in [-0.1, -0.05) is 40.2 Å². The zero-order chi connectivity index (χ0) is 13.8. The van der Waals surface area contributed by atoms with Gasteiger partial charge in [-0.3, -0.25) is 0 Å². The molecule has 0 saturated heterocycles. The largest absolute Gasteiger partial charge is 0.384 e. The molecule has 6 heteroatoms. The van der Waals surface area contributed by atoms with Crippen LogP contribution in [0.5, 0.6) is 0 Å². The van der Waals surface area contributed by atoms with E-state index in [1.54, 1.807) is 19.2 Å². The molecule has 0 amide bonds. The smallest absolute Gasteiger partial charge is 0.323 e. The molecule has 102 valence electrons. The summed E-state index contributed by atoms with van der Waals surface area (Å²) in [5.41, 5.74) is 1.03. The lowest BCUT2D eigenvalue weighted by Gasteiger charge is -2.21. The van der Waals surface area contributed by atoms with Crippen LogP contribution in [0.3, 0.4) is 0 Å². The molecule has 0 spiro atoms. The topological polar surface area (TPSA) is 9.23 Å². The molecule has 1 atom stereocenters. The molecule has 1 nitrogen and oxygen atoms in total. The Morgan fingerprint density at radius 3 is 2.22 bits per heavy atom. The first-order chi connectivity index (χ1) is 8.39. The third kappa shape index (κ3) is 3.68. The van der Waals surface area contributed by atoms with Gasteiger partial charge >= 0.3 is 12.3 Å². The second kappa shape index (κ2) is 6.52. The SMILES string of the molecule is COCCc1ccc(C(Br)C(F)(F)C(F)F)cc1. The Kier molecular flexibility index (Phi) is 5.59. The molecule has 0 fully saturated rings. The van der Waals surface area contributed by atoms with Crippen molar-refractivity contribution < 1.29 is 22.3 Å². The fourth-order valence-corrected chi connectivity index (χ4v) is 1.91. The van der Waals surface area contributed by atoms with Crippen LogP contribution in [-0.4, -0.2) is 26.1 Å². The first-order valence-electron chi connectivity index (χ1n) is 5.27. The summed E-state index contributed by atoms with van der Waals surface area (Å²) < 4.78 is 55.5. The van der Waals surface area contributed by atoms with Gasteiger partial charge in [0.25, 0.3) is 0 Å². The van der Waals surface area contributed by atoms with E-state index >= 15 is 0 Å². The molecule has 0 N–H and O–H groups in total. The van der Waals surface area contributed by atoms with E-state index in [9.17, 15) is 17.6 Å². The summed E-state index contributed by atoms with van der Waals surface area (Å²) in [6.45, 7) is 0.518. The van der Waals surface area contributed by atoms with Crippen LogP contribution in [-0.2, 0) is 11.2 Å². The number of halogens is 5. The van der Waals surface area contributed by atoms with Gasteiger partial charge in [0.05, 0.1) is 6.61 Å². The van der Waals surface area contributed by atoms with Crippen LogP contribution >= 0.6 is 15.9 Å². The Hall–Kier alpha value is -0.620. The average Bonchev–Trinajstić information content (AvgIpc) is 2.35. The van der Waals surface area contributed by atoms with Gasteiger partial charge in [0.2, 0.25) is 0 Å². The van der Waals surface area contributed by atoms with Crippen LogP contribution in [0.2, 0.25) is 0 Å². The molecule has 0 bridgehead atoms. The maximum Gasteiger partial charge on any atom is 0.323 e. The van der Waals surface area contributed by atoms with E-state index in [0.29, 0.717) is 13.0 Å². The number of hydrogen-bond acceptors (Lipinski definition) is 1. The molecule has 0 radical (unpaired) electrons. The van der Waals surface area contributed by atoms with E-state index in [2.05, 4.69) is 15.9 Å². The molecule has 0 heterocycles. The summed E-state index contributed by atoms with van der Waals surface area (Å²) in [5, 5.41) is 0. The molecule has 0 aliphatic carbocycles. The summed E-state index contributed by atoms with van der Waals surface area (Å²) in [6.07, 6.45) is -3.05. The van der Waals surface area contributed by atoms with Crippen LogP contribution < -0.4 is 0 Å². The van der Waals surface area contributed by atoms with Gasteiger partial charge in [-0.25, -0.2) is 8.78 Å². The molecule has 0 aliphatic rings. The van der Waals surface area contributed by atoms with E-state index < -0.39 is 17.2 Å². The fraction of sp³-hybridized carbons (Fsp3) is 0.500. The number of methoxy groups -OCH3 is 1. The van der Waals surface area contributed by atoms with E-state index in [1.165, 1.54) is 12.1 Å². The monoisotopic (exact) mass is 328 g/mol. The minimum Gasteiger partial charge on any atom is -0.384 e. The molecule has 0 saturated carbocycles. The molecule has 18 heavy (non-hydrogen) atoms. The summed E-state index contributed by atoms with van der Waals surface area (Å²) in [5.74, 6) is -4.09. The van der Waals surface area contributed by atoms with Gasteiger partial charge < -0.3 is 4.74 Å². The third-order valence-corrected chi connectivity index (χ3v) is 3.64. The van der Waals surface area contributed by atoms with Crippen LogP contribution in [0.4, 0.5) is 17.6 Å². The number of alkyl halides is 5. The van der Waals surface area contributed by atoms with Crippen molar-refractivity contribution in [3.63, 3.8) is 0 Å². The summed E-state index contributed by atoms with van der Waals surface area (Å²) in [6, 6.07) is 6.09. The summed E-state index contributed by atoms with van der Waals surface area (Å²) in [4.78, 5) is -1.69. The quantitative estimate of drug-likeness (QED) is 0.561. The Bertz CT molecular complexity index is 367. The van der Waals surface area contributed by atoms with Crippen molar-refractivity contribution in [3.05, 3.63) is 35.4 Å². The number of benzene rings is 1. The lowest BCUT2D eigenvalue weighted by Crippen LogP contribution is -2.31. The highest BCUT2D eigenvalue weighted by atomic mass is 79.9. The molecule has 1 unspecified atom stereocenters. The predicted molar refractivity (Wildman–Crippen MR) is 64.6 cm³/mol. The second-order valence-corrected chi connectivity index (χ2v) is 4.74. The van der Waals surface area contributed by atoms with Gasteiger partial charge in [0, 0.05) is 7.11 Å². The van der Waals surface area contributed by atoms with Gasteiger partial charge in [-0.2, -0.15) is 8.78 Å². The molecular weight excluding hydrogens is 316 g/mol. The Morgan fingerprint density at radius 2 is 1.78 bits per heavy atom. The maximum atomic E-state index is 13.1. The average molecular weight is 329 g/mol. The van der Waals surface area contributed by atoms with Crippen molar-refractivity contribution in [2.45, 2.75) is 23.6 Å². The predicted octanol–water partition coefficient (Wildman–Crippen LogP) is 4.21. The van der Waals surface area contributed by atoms with Crippen LogP contribution in [0, 0.1) is 0 Å². The molecule has 0 aromatic heterocycles. The highest BCUT2D eigenvalue weighted by Crippen LogP contribution is 2.42. The lowest BCUT2D eigenvalue weighted by molar-refractivity contribution is -0.127. The van der Waals surface area contributed by atoms with Crippen molar-refractivity contribution in [2.75, 3.05) is 13.7 Å². The first kappa shape index (κ1) is 15.4. The molecular formula is C12H13BrF4O. The van der Waals surface area contributed by atoms with Crippen LogP contribution in [0.1, 0.15) is 16.0 Å². The van der Waals surface area contributed by atoms with Crippen molar-refractivity contribution >= 4 is 15.9 Å². The number of ether oxygens (including phenoxy) is 1. The number of hydrogen-bond donors (Lipinski definition) is 0. The van der Waals surface area contributed by atoms with Crippen LogP contribution in [0.15, 0.2) is 24.3 Å². The standard InChI is InChI=1S/C12H13BrF4O/c1-18-7-6-8-2-4-9(5-3-8)10(13)12(16,17)11(14)15/h2-5,10-11H,6-7H2,1H3. The maximum absolute atomic E-state index is 13.1. The lowest BCUT2D eigenvalue weighted by atomic mass is 10.0. The van der Waals surface area contributed by atoms with Crippen molar-refractivity contribution in [3.8, 4) is 0 Å². The highest BCUT2D eigenvalue weighted by Gasteiger charge is 2.48. The van der Waals surface area contributed by atoms with Gasteiger partial charge in [0.15, 0.2) is 0 Å². The van der Waals surface area contributed by atoms with Gasteiger partial charge in [0.1, 0.15) is 4.83 Å². The van der Waals surface area contributed by atoms with Crippen LogP contribution in [0.25, 0.3) is 0 Å². The Balaban J connectivity index is 2.78. The Labute approximate surface area is 111 Å². The molecule has 1 rings (SSSR count). The van der Waals surface area contributed by atoms with E-state index in [4.69, 9.17) is 4.74 Å². The Morgan fingerprint density at radius 1 is 1.22 bits per heavy atom. The van der Waals surface area contributed by atoms with Gasteiger partial charge in [-0.15, -0.1) is 0 Å². The molecule has 0 aliphatic heterocycles. The zero-order valence-electron chi connectivity index (χ0n) is 9.68.